The minimum atomic E-state index is -0.234. The second-order valence-corrected chi connectivity index (χ2v) is 12.5. The lowest BCUT2D eigenvalue weighted by Gasteiger charge is -2.29. The van der Waals surface area contributed by atoms with E-state index in [0.717, 1.165) is 35.7 Å². The smallest absolute Gasteiger partial charge is 0.231 e. The molecule has 7 heteroatoms. The Morgan fingerprint density at radius 2 is 1.83 bits per heavy atom. The van der Waals surface area contributed by atoms with E-state index in [-0.39, 0.29) is 35.0 Å². The fourth-order valence-corrected chi connectivity index (χ4v) is 7.05. The molecule has 3 atom stereocenters. The van der Waals surface area contributed by atoms with Crippen molar-refractivity contribution >= 4 is 23.5 Å². The van der Waals surface area contributed by atoms with Gasteiger partial charge in [-0.1, -0.05) is 64.1 Å². The Kier molecular flexibility index (Phi) is 9.19. The minimum Gasteiger partial charge on any atom is -0.337 e. The average Bonchev–Trinajstić information content (AvgIpc) is 3.36. The maximum Gasteiger partial charge on any atom is 0.231 e. The number of hydrogen-bond acceptors (Lipinski definition) is 4. The van der Waals surface area contributed by atoms with Crippen molar-refractivity contribution in [2.45, 2.75) is 70.4 Å². The van der Waals surface area contributed by atoms with Crippen LogP contribution in [0.15, 0.2) is 90.1 Å². The lowest BCUT2D eigenvalue weighted by Crippen LogP contribution is -2.34. The number of hydrogen-bond donors (Lipinski definition) is 1. The Hall–Kier alpha value is -3.42. The number of amides is 1. The van der Waals surface area contributed by atoms with Crippen molar-refractivity contribution in [3.63, 3.8) is 0 Å². The number of fused-ring (bicyclic) bond motifs is 1. The number of aryl methyl sites for hydroxylation is 2. The first-order valence-electron chi connectivity index (χ1n) is 15.0. The predicted molar refractivity (Wildman–Crippen MR) is 170 cm³/mol. The van der Waals surface area contributed by atoms with E-state index in [2.05, 4.69) is 66.0 Å². The first-order chi connectivity index (χ1) is 20.3. The molecular formula is C35H41FN4OS. The van der Waals surface area contributed by atoms with E-state index in [1.54, 1.807) is 18.3 Å². The number of rotatable bonds is 8. The van der Waals surface area contributed by atoms with Crippen LogP contribution in [0.5, 0.6) is 0 Å². The fraction of sp³-hybridized carbons (Fsp3) is 0.371. The predicted octanol–water partition coefficient (Wildman–Crippen LogP) is 8.23. The highest BCUT2D eigenvalue weighted by molar-refractivity contribution is 7.97. The molecule has 0 saturated heterocycles. The molecule has 0 radical (unpaired) electrons. The lowest BCUT2D eigenvalue weighted by molar-refractivity contribution is -0.120. The minimum absolute atomic E-state index is 0.103. The van der Waals surface area contributed by atoms with Gasteiger partial charge in [-0.2, -0.15) is 0 Å². The number of carbonyl (C=O) groups is 1. The molecule has 220 valence electrons. The molecule has 1 aromatic heterocycles. The fourth-order valence-electron chi connectivity index (χ4n) is 6.25. The highest BCUT2D eigenvalue weighted by Crippen LogP contribution is 2.65. The molecule has 4 aromatic rings. The van der Waals surface area contributed by atoms with E-state index < -0.39 is 0 Å². The van der Waals surface area contributed by atoms with Crippen molar-refractivity contribution in [2.75, 3.05) is 4.90 Å². The maximum absolute atomic E-state index is 14.4. The van der Waals surface area contributed by atoms with Crippen LogP contribution < -0.4 is 9.62 Å². The second-order valence-electron chi connectivity index (χ2n) is 11.6. The molecule has 1 N–H and O–H groups in total. The number of carbonyl (C=O) groups excluding carboxylic acids is 1. The number of anilines is 1. The van der Waals surface area contributed by atoms with Gasteiger partial charge in [0.25, 0.3) is 0 Å². The number of halogens is 1. The monoisotopic (exact) mass is 584 g/mol. The Labute approximate surface area is 253 Å². The molecule has 2 aliphatic rings. The zero-order valence-corrected chi connectivity index (χ0v) is 26.0. The summed E-state index contributed by atoms with van der Waals surface area (Å²) < 4.78 is 19.0. The van der Waals surface area contributed by atoms with Crippen LogP contribution in [0.2, 0.25) is 0 Å². The quantitative estimate of drug-likeness (QED) is 0.212. The highest BCUT2D eigenvalue weighted by Gasteiger charge is 2.63. The molecule has 0 aliphatic heterocycles. The number of benzene rings is 3. The molecule has 0 bridgehead atoms. The van der Waals surface area contributed by atoms with Crippen LogP contribution in [0, 0.1) is 17.2 Å². The number of imidazole rings is 1. The van der Waals surface area contributed by atoms with E-state index >= 15 is 0 Å². The number of nitrogens with zero attached hydrogens (tertiary/aromatic N) is 3. The highest BCUT2D eigenvalue weighted by atomic mass is 32.2. The van der Waals surface area contributed by atoms with Crippen molar-refractivity contribution in [3.8, 4) is 0 Å². The van der Waals surface area contributed by atoms with Gasteiger partial charge in [0, 0.05) is 42.0 Å². The molecule has 6 rings (SSSR count). The summed E-state index contributed by atoms with van der Waals surface area (Å²) in [6.07, 6.45) is 6.83. The van der Waals surface area contributed by atoms with Crippen LogP contribution in [0.25, 0.3) is 0 Å². The summed E-state index contributed by atoms with van der Waals surface area (Å²) in [4.78, 5) is 21.8. The summed E-state index contributed by atoms with van der Waals surface area (Å²) in [6.45, 7) is 8.81. The first kappa shape index (κ1) is 30.1. The van der Waals surface area contributed by atoms with Gasteiger partial charge in [-0.05, 0) is 89.7 Å². The first-order valence-corrected chi connectivity index (χ1v) is 15.8. The van der Waals surface area contributed by atoms with Crippen LogP contribution in [-0.2, 0) is 24.8 Å². The Morgan fingerprint density at radius 1 is 1.10 bits per heavy atom. The Bertz CT molecular complexity index is 1500. The Balaban J connectivity index is 0.00000173. The van der Waals surface area contributed by atoms with Crippen LogP contribution in [-0.4, -0.2) is 15.5 Å². The van der Waals surface area contributed by atoms with Gasteiger partial charge in [-0.25, -0.2) is 9.37 Å². The topological polar surface area (TPSA) is 50.2 Å². The van der Waals surface area contributed by atoms with Gasteiger partial charge in [0.15, 0.2) is 0 Å². The van der Waals surface area contributed by atoms with Crippen LogP contribution in [0.4, 0.5) is 10.1 Å². The zero-order valence-electron chi connectivity index (χ0n) is 25.2. The third-order valence-electron chi connectivity index (χ3n) is 8.63. The molecule has 1 fully saturated rings. The maximum atomic E-state index is 14.4. The summed E-state index contributed by atoms with van der Waals surface area (Å²) in [5.74, 6) is 0.839. The van der Waals surface area contributed by atoms with Crippen molar-refractivity contribution in [3.05, 3.63) is 114 Å². The van der Waals surface area contributed by atoms with Crippen molar-refractivity contribution in [1.82, 2.24) is 14.3 Å². The van der Waals surface area contributed by atoms with Crippen molar-refractivity contribution in [1.29, 1.82) is 0 Å². The van der Waals surface area contributed by atoms with Gasteiger partial charge >= 0.3 is 0 Å². The number of nitrogens with one attached hydrogen (secondary N) is 1. The molecule has 2 aliphatic carbocycles. The molecule has 42 heavy (non-hydrogen) atoms. The molecule has 1 amide bonds. The normalized spacial score (nSPS) is 20.2. The molecule has 5 nitrogen and oxygen atoms in total. The van der Waals surface area contributed by atoms with Crippen molar-refractivity contribution in [2.24, 2.45) is 18.4 Å². The van der Waals surface area contributed by atoms with E-state index in [9.17, 15) is 9.18 Å². The second kappa shape index (κ2) is 12.8. The largest absolute Gasteiger partial charge is 0.337 e. The molecule has 0 spiro atoms. The third kappa shape index (κ3) is 6.18. The lowest BCUT2D eigenvalue weighted by atomic mass is 9.87. The van der Waals surface area contributed by atoms with E-state index in [1.165, 1.54) is 40.8 Å². The van der Waals surface area contributed by atoms with E-state index in [4.69, 9.17) is 0 Å². The Morgan fingerprint density at radius 3 is 2.52 bits per heavy atom. The number of aromatic nitrogens is 2. The van der Waals surface area contributed by atoms with Crippen LogP contribution in [0.3, 0.4) is 0 Å². The van der Waals surface area contributed by atoms with Gasteiger partial charge in [0.05, 0.1) is 12.5 Å². The summed E-state index contributed by atoms with van der Waals surface area (Å²) in [6, 6.07) is 23.6. The summed E-state index contributed by atoms with van der Waals surface area (Å²) in [5.41, 5.74) is 4.54. The SMILES string of the molecule is CC.Cn1ccnc1CN(C(=O)C1C(c2ccccc2)C1(C)C)c1ccc2c(c1)C(NSc1ccc(F)cc1)CCC2. The van der Waals surface area contributed by atoms with Crippen LogP contribution in [0.1, 0.15) is 75.0 Å². The van der Waals surface area contributed by atoms with Gasteiger partial charge < -0.3 is 9.47 Å². The molecule has 3 aromatic carbocycles. The standard InChI is InChI=1S/C33H35FN4OS.C2H6/c1-33(2)30(23-8-5-4-6-9-23)31(33)32(39)38(21-29-35-18-19-37(29)3)25-15-12-22-10-7-11-28(27(22)20-25)36-40-26-16-13-24(34)14-17-26;1-2/h4-6,8-9,12-20,28,30-31,36H,7,10-11,21H2,1-3H3;1-2H3. The van der Waals surface area contributed by atoms with E-state index in [0.29, 0.717) is 6.54 Å². The molecule has 1 saturated carbocycles. The van der Waals surface area contributed by atoms with Gasteiger partial charge in [0.2, 0.25) is 5.91 Å². The average molecular weight is 585 g/mol. The summed E-state index contributed by atoms with van der Waals surface area (Å²) in [5, 5.41) is 0. The van der Waals surface area contributed by atoms with E-state index in [1.807, 2.05) is 42.6 Å². The zero-order chi connectivity index (χ0) is 29.9. The molecular weight excluding hydrogens is 543 g/mol. The van der Waals surface area contributed by atoms with Gasteiger partial charge in [-0.15, -0.1) is 0 Å². The molecule has 3 unspecified atom stereocenters. The van der Waals surface area contributed by atoms with Crippen molar-refractivity contribution < 1.29 is 9.18 Å². The summed E-state index contributed by atoms with van der Waals surface area (Å²) >= 11 is 1.53. The third-order valence-corrected chi connectivity index (χ3v) is 9.54. The van der Waals surface area contributed by atoms with Crippen LogP contribution >= 0.6 is 11.9 Å². The van der Waals surface area contributed by atoms with Gasteiger partial charge in [0.1, 0.15) is 11.6 Å². The van der Waals surface area contributed by atoms with Gasteiger partial charge in [-0.3, -0.25) is 9.52 Å². The summed E-state index contributed by atoms with van der Waals surface area (Å²) in [7, 11) is 1.97. The molecule has 1 heterocycles.